The van der Waals surface area contributed by atoms with Gasteiger partial charge < -0.3 is 15.0 Å². The molecule has 0 saturated carbocycles. The Morgan fingerprint density at radius 3 is 2.72 bits per heavy atom. The van der Waals surface area contributed by atoms with Gasteiger partial charge in [0, 0.05) is 22.8 Å². The van der Waals surface area contributed by atoms with Gasteiger partial charge in [-0.3, -0.25) is 14.4 Å². The number of thioether (sulfide) groups is 1. The molecule has 2 aromatic rings. The number of nitrogens with one attached hydrogen (secondary N) is 1. The Morgan fingerprint density at radius 2 is 2.00 bits per heavy atom. The van der Waals surface area contributed by atoms with Gasteiger partial charge >= 0.3 is 0 Å². The van der Waals surface area contributed by atoms with E-state index in [0.29, 0.717) is 34.3 Å². The number of anilines is 2. The van der Waals surface area contributed by atoms with Gasteiger partial charge in [0.2, 0.25) is 5.91 Å². The molecular formula is C21H21ClN2O4S. The van der Waals surface area contributed by atoms with Crippen LogP contribution in [0.5, 0.6) is 5.75 Å². The number of ketones is 1. The van der Waals surface area contributed by atoms with Crippen LogP contribution in [0, 0.1) is 6.92 Å². The van der Waals surface area contributed by atoms with Gasteiger partial charge in [-0.2, -0.15) is 0 Å². The van der Waals surface area contributed by atoms with E-state index in [0.717, 1.165) is 5.56 Å². The fourth-order valence-corrected chi connectivity index (χ4v) is 3.93. The van der Waals surface area contributed by atoms with Gasteiger partial charge in [-0.15, -0.1) is 11.8 Å². The van der Waals surface area contributed by atoms with Gasteiger partial charge in [0.25, 0.3) is 5.91 Å². The summed E-state index contributed by atoms with van der Waals surface area (Å²) in [4.78, 5) is 38.2. The molecule has 152 valence electrons. The number of likely N-dealkylation sites (N-methyl/N-ethyl adjacent to an activating group) is 1. The lowest BCUT2D eigenvalue weighted by molar-refractivity contribution is -0.121. The highest BCUT2D eigenvalue weighted by Crippen LogP contribution is 2.33. The molecule has 0 atom stereocenters. The zero-order valence-corrected chi connectivity index (χ0v) is 17.7. The second-order valence-corrected chi connectivity index (χ2v) is 7.95. The van der Waals surface area contributed by atoms with Crippen LogP contribution in [-0.2, 0) is 9.59 Å². The fourth-order valence-electron chi connectivity index (χ4n) is 3.00. The van der Waals surface area contributed by atoms with Crippen LogP contribution in [0.25, 0.3) is 0 Å². The van der Waals surface area contributed by atoms with E-state index in [-0.39, 0.29) is 35.7 Å². The normalized spacial score (nSPS) is 12.9. The number of amides is 2. The third-order valence-electron chi connectivity index (χ3n) is 4.47. The first-order valence-corrected chi connectivity index (χ1v) is 10.7. The number of aryl methyl sites for hydroxylation is 1. The number of carbonyl (C=O) groups is 3. The zero-order chi connectivity index (χ0) is 21.0. The number of ether oxygens (including phenoxy) is 1. The zero-order valence-electron chi connectivity index (χ0n) is 16.2. The highest BCUT2D eigenvalue weighted by molar-refractivity contribution is 8.00. The summed E-state index contributed by atoms with van der Waals surface area (Å²) in [5, 5.41) is 3.43. The van der Waals surface area contributed by atoms with Gasteiger partial charge in [-0.25, -0.2) is 0 Å². The van der Waals surface area contributed by atoms with Crippen LogP contribution >= 0.6 is 23.4 Å². The molecule has 1 heterocycles. The maximum Gasteiger partial charge on any atom is 0.265 e. The standard InChI is InChI=1S/C21H21ClN2O4S/c1-3-24-17-9-14(4-7-19(17)28-10-21(24)27)18(25)11-29-12-20(26)23-16-6-5-15(22)8-13(16)2/h4-9H,3,10-12H2,1-2H3,(H,23,26). The Morgan fingerprint density at radius 1 is 1.21 bits per heavy atom. The minimum absolute atomic E-state index is 0.00614. The van der Waals surface area contributed by atoms with Crippen molar-refractivity contribution < 1.29 is 19.1 Å². The summed E-state index contributed by atoms with van der Waals surface area (Å²) >= 11 is 7.15. The Labute approximate surface area is 178 Å². The van der Waals surface area contributed by atoms with Crippen LogP contribution in [-0.4, -0.2) is 42.3 Å². The van der Waals surface area contributed by atoms with Crippen LogP contribution in [0.1, 0.15) is 22.8 Å². The van der Waals surface area contributed by atoms with Gasteiger partial charge in [0.15, 0.2) is 12.4 Å². The molecule has 2 aromatic carbocycles. The molecular weight excluding hydrogens is 412 g/mol. The number of Topliss-reactive ketones (excluding diaryl/α,β-unsaturated/α-hetero) is 1. The predicted octanol–water partition coefficient (Wildman–Crippen LogP) is 3.95. The van der Waals surface area contributed by atoms with Crippen molar-refractivity contribution in [3.8, 4) is 5.75 Å². The minimum Gasteiger partial charge on any atom is -0.482 e. The quantitative estimate of drug-likeness (QED) is 0.670. The van der Waals surface area contributed by atoms with Crippen molar-refractivity contribution in [1.29, 1.82) is 0 Å². The maximum absolute atomic E-state index is 12.5. The second kappa shape index (κ2) is 9.33. The average Bonchev–Trinajstić information content (AvgIpc) is 2.69. The smallest absolute Gasteiger partial charge is 0.265 e. The van der Waals surface area contributed by atoms with Crippen molar-refractivity contribution in [3.05, 3.63) is 52.5 Å². The molecule has 0 fully saturated rings. The van der Waals surface area contributed by atoms with Crippen molar-refractivity contribution in [2.24, 2.45) is 0 Å². The molecule has 1 aliphatic rings. The molecule has 0 aliphatic carbocycles. The molecule has 0 saturated heterocycles. The summed E-state index contributed by atoms with van der Waals surface area (Å²) in [6, 6.07) is 10.3. The molecule has 0 aromatic heterocycles. The SMILES string of the molecule is CCN1C(=O)COc2ccc(C(=O)CSCC(=O)Nc3ccc(Cl)cc3C)cc21. The van der Waals surface area contributed by atoms with Crippen LogP contribution in [0.3, 0.4) is 0 Å². The van der Waals surface area contributed by atoms with Gasteiger partial charge in [0.1, 0.15) is 5.75 Å². The lowest BCUT2D eigenvalue weighted by atomic mass is 10.1. The van der Waals surface area contributed by atoms with E-state index in [1.165, 1.54) is 11.8 Å². The Kier molecular flexibility index (Phi) is 6.82. The highest BCUT2D eigenvalue weighted by Gasteiger charge is 2.25. The largest absolute Gasteiger partial charge is 0.482 e. The molecule has 0 radical (unpaired) electrons. The lowest BCUT2D eigenvalue weighted by Crippen LogP contribution is -2.38. The van der Waals surface area contributed by atoms with Crippen molar-refractivity contribution >= 4 is 52.3 Å². The number of hydrogen-bond donors (Lipinski definition) is 1. The van der Waals surface area contributed by atoms with Crippen LogP contribution < -0.4 is 15.0 Å². The monoisotopic (exact) mass is 432 g/mol. The van der Waals surface area contributed by atoms with E-state index in [9.17, 15) is 14.4 Å². The summed E-state index contributed by atoms with van der Waals surface area (Å²) in [6.45, 7) is 4.25. The van der Waals surface area contributed by atoms with E-state index in [2.05, 4.69) is 5.32 Å². The number of benzene rings is 2. The molecule has 0 unspecified atom stereocenters. The first-order valence-electron chi connectivity index (χ1n) is 9.13. The van der Waals surface area contributed by atoms with Crippen LogP contribution in [0.2, 0.25) is 5.02 Å². The Bertz CT molecular complexity index is 964. The van der Waals surface area contributed by atoms with Crippen LogP contribution in [0.4, 0.5) is 11.4 Å². The molecule has 6 nitrogen and oxygen atoms in total. The number of rotatable bonds is 7. The number of nitrogens with zero attached hydrogens (tertiary/aromatic N) is 1. The van der Waals surface area contributed by atoms with Gasteiger partial charge in [0.05, 0.1) is 17.2 Å². The van der Waals surface area contributed by atoms with E-state index >= 15 is 0 Å². The molecule has 1 aliphatic heterocycles. The van der Waals surface area contributed by atoms with Crippen molar-refractivity contribution in [2.45, 2.75) is 13.8 Å². The maximum atomic E-state index is 12.5. The fraction of sp³-hybridized carbons (Fsp3) is 0.286. The van der Waals surface area contributed by atoms with Gasteiger partial charge in [-0.05, 0) is 55.8 Å². The average molecular weight is 433 g/mol. The molecule has 1 N–H and O–H groups in total. The summed E-state index contributed by atoms with van der Waals surface area (Å²) in [5.41, 5.74) is 2.67. The summed E-state index contributed by atoms with van der Waals surface area (Å²) in [7, 11) is 0. The molecule has 0 spiro atoms. The van der Waals surface area contributed by atoms with Gasteiger partial charge in [-0.1, -0.05) is 11.6 Å². The summed E-state index contributed by atoms with van der Waals surface area (Å²) in [6.07, 6.45) is 0. The molecule has 3 rings (SSSR count). The summed E-state index contributed by atoms with van der Waals surface area (Å²) < 4.78 is 5.42. The molecule has 0 bridgehead atoms. The van der Waals surface area contributed by atoms with E-state index < -0.39 is 0 Å². The third-order valence-corrected chi connectivity index (χ3v) is 5.64. The minimum atomic E-state index is -0.185. The Hall–Kier alpha value is -2.51. The Balaban J connectivity index is 1.56. The van der Waals surface area contributed by atoms with Crippen molar-refractivity contribution in [1.82, 2.24) is 0 Å². The first kappa shape index (κ1) is 21.2. The highest BCUT2D eigenvalue weighted by atomic mass is 35.5. The van der Waals surface area contributed by atoms with E-state index in [1.54, 1.807) is 41.3 Å². The van der Waals surface area contributed by atoms with Crippen LogP contribution in [0.15, 0.2) is 36.4 Å². The molecule has 29 heavy (non-hydrogen) atoms. The van der Waals surface area contributed by atoms with Crippen molar-refractivity contribution in [2.75, 3.05) is 34.9 Å². The van der Waals surface area contributed by atoms with Crippen molar-refractivity contribution in [3.63, 3.8) is 0 Å². The number of hydrogen-bond acceptors (Lipinski definition) is 5. The second-order valence-electron chi connectivity index (χ2n) is 6.53. The lowest BCUT2D eigenvalue weighted by Gasteiger charge is -2.28. The van der Waals surface area contributed by atoms with E-state index in [4.69, 9.17) is 16.3 Å². The number of fused-ring (bicyclic) bond motifs is 1. The number of carbonyl (C=O) groups excluding carboxylic acids is 3. The molecule has 8 heteroatoms. The molecule has 2 amide bonds. The number of halogens is 1. The van der Waals surface area contributed by atoms with E-state index in [1.807, 2.05) is 13.8 Å². The summed E-state index contributed by atoms with van der Waals surface area (Å²) in [5.74, 6) is 0.479. The topological polar surface area (TPSA) is 75.7 Å². The predicted molar refractivity (Wildman–Crippen MR) is 116 cm³/mol. The first-order chi connectivity index (χ1) is 13.9. The third kappa shape index (κ3) is 5.10.